The first kappa shape index (κ1) is 17.0. The molecule has 1 aromatic heterocycles. The maximum atomic E-state index is 12.2. The average Bonchev–Trinajstić information content (AvgIpc) is 2.98. The van der Waals surface area contributed by atoms with Crippen molar-refractivity contribution < 1.29 is 4.79 Å². The summed E-state index contributed by atoms with van der Waals surface area (Å²) >= 11 is 3.39. The zero-order valence-electron chi connectivity index (χ0n) is 12.0. The number of nitrogens with zero attached hydrogens (tertiary/aromatic N) is 2. The summed E-state index contributed by atoms with van der Waals surface area (Å²) in [5, 5.41) is 10.6. The van der Waals surface area contributed by atoms with Crippen molar-refractivity contribution in [3.05, 3.63) is 46.7 Å². The fraction of sp³-hybridized carbons (Fsp3) is 0.333. The Morgan fingerprint density at radius 1 is 1.41 bits per heavy atom. The number of hydrogen-bond acceptors (Lipinski definition) is 3. The number of piperidine rings is 1. The summed E-state index contributed by atoms with van der Waals surface area (Å²) in [7, 11) is 0. The molecular weight excluding hydrogens is 368 g/mol. The minimum atomic E-state index is -0.185. The van der Waals surface area contributed by atoms with Crippen LogP contribution in [0.25, 0.3) is 0 Å². The minimum Gasteiger partial charge on any atom is -0.321 e. The predicted octanol–water partition coefficient (Wildman–Crippen LogP) is 3.24. The first-order valence-corrected chi connectivity index (χ1v) is 7.84. The Balaban J connectivity index is 0.00000176. The Kier molecular flexibility index (Phi) is 5.99. The SMILES string of the molecule is Cl.O=C(Nc1cccc(Br)c1)c1ccn(C2CCCNC2)n1. The largest absolute Gasteiger partial charge is 0.321 e. The molecule has 0 bridgehead atoms. The highest BCUT2D eigenvalue weighted by molar-refractivity contribution is 9.10. The van der Waals surface area contributed by atoms with Crippen LogP contribution in [0.3, 0.4) is 0 Å². The maximum absolute atomic E-state index is 12.2. The normalized spacial score (nSPS) is 17.6. The second-order valence-corrected chi connectivity index (χ2v) is 6.06. The average molecular weight is 386 g/mol. The van der Waals surface area contributed by atoms with Gasteiger partial charge in [0.25, 0.3) is 5.91 Å². The molecule has 0 spiro atoms. The van der Waals surface area contributed by atoms with E-state index in [9.17, 15) is 4.79 Å². The van der Waals surface area contributed by atoms with Crippen molar-refractivity contribution in [3.63, 3.8) is 0 Å². The lowest BCUT2D eigenvalue weighted by atomic mass is 10.1. The molecule has 1 atom stereocenters. The molecule has 0 aliphatic carbocycles. The summed E-state index contributed by atoms with van der Waals surface area (Å²) in [5.74, 6) is -0.185. The van der Waals surface area contributed by atoms with Crippen molar-refractivity contribution in [1.82, 2.24) is 15.1 Å². The van der Waals surface area contributed by atoms with Gasteiger partial charge in [-0.25, -0.2) is 0 Å². The molecule has 3 rings (SSSR count). The van der Waals surface area contributed by atoms with Crippen LogP contribution in [0.5, 0.6) is 0 Å². The highest BCUT2D eigenvalue weighted by atomic mass is 79.9. The Bertz CT molecular complexity index is 640. The van der Waals surface area contributed by atoms with Crippen molar-refractivity contribution in [2.75, 3.05) is 18.4 Å². The number of carbonyl (C=O) groups is 1. The summed E-state index contributed by atoms with van der Waals surface area (Å²) < 4.78 is 2.82. The summed E-state index contributed by atoms with van der Waals surface area (Å²) in [6.07, 6.45) is 4.12. The topological polar surface area (TPSA) is 59.0 Å². The van der Waals surface area contributed by atoms with Gasteiger partial charge < -0.3 is 10.6 Å². The fourth-order valence-electron chi connectivity index (χ4n) is 2.48. The van der Waals surface area contributed by atoms with Crippen LogP contribution in [0.1, 0.15) is 29.4 Å². The monoisotopic (exact) mass is 384 g/mol. The van der Waals surface area contributed by atoms with Crippen molar-refractivity contribution >= 4 is 39.9 Å². The molecule has 2 aromatic rings. The number of halogens is 2. The number of nitrogens with one attached hydrogen (secondary N) is 2. The zero-order valence-corrected chi connectivity index (χ0v) is 14.4. The minimum absolute atomic E-state index is 0. The molecule has 0 saturated carbocycles. The number of rotatable bonds is 3. The molecule has 1 fully saturated rings. The van der Waals surface area contributed by atoms with E-state index in [4.69, 9.17) is 0 Å². The third-order valence-electron chi connectivity index (χ3n) is 3.57. The van der Waals surface area contributed by atoms with Crippen molar-refractivity contribution in [2.45, 2.75) is 18.9 Å². The number of anilines is 1. The van der Waals surface area contributed by atoms with Gasteiger partial charge in [0.1, 0.15) is 0 Å². The first-order chi connectivity index (χ1) is 10.2. The van der Waals surface area contributed by atoms with E-state index < -0.39 is 0 Å². The van der Waals surface area contributed by atoms with Gasteiger partial charge in [-0.3, -0.25) is 9.48 Å². The van der Waals surface area contributed by atoms with E-state index in [1.165, 1.54) is 0 Å². The van der Waals surface area contributed by atoms with Gasteiger partial charge in [-0.05, 0) is 43.7 Å². The number of hydrogen-bond donors (Lipinski definition) is 2. The summed E-state index contributed by atoms with van der Waals surface area (Å²) in [6.45, 7) is 1.97. The van der Waals surface area contributed by atoms with E-state index in [0.717, 1.165) is 36.1 Å². The van der Waals surface area contributed by atoms with Crippen LogP contribution < -0.4 is 10.6 Å². The summed E-state index contributed by atoms with van der Waals surface area (Å²) in [4.78, 5) is 12.2. The van der Waals surface area contributed by atoms with Crippen molar-refractivity contribution in [3.8, 4) is 0 Å². The molecular formula is C15H18BrClN4O. The molecule has 1 saturated heterocycles. The van der Waals surface area contributed by atoms with Gasteiger partial charge in [-0.2, -0.15) is 5.10 Å². The number of carbonyl (C=O) groups excluding carboxylic acids is 1. The lowest BCUT2D eigenvalue weighted by Gasteiger charge is -2.22. The molecule has 1 unspecified atom stereocenters. The second kappa shape index (κ2) is 7.76. The van der Waals surface area contributed by atoms with Gasteiger partial charge in [-0.1, -0.05) is 22.0 Å². The van der Waals surface area contributed by atoms with Crippen LogP contribution in [0, 0.1) is 0 Å². The van der Waals surface area contributed by atoms with E-state index in [1.807, 2.05) is 35.1 Å². The Labute approximate surface area is 144 Å². The lowest BCUT2D eigenvalue weighted by molar-refractivity contribution is 0.102. The summed E-state index contributed by atoms with van der Waals surface area (Å²) in [5.41, 5.74) is 1.20. The molecule has 7 heteroatoms. The smallest absolute Gasteiger partial charge is 0.276 e. The zero-order chi connectivity index (χ0) is 14.7. The van der Waals surface area contributed by atoms with Crippen LogP contribution in [0.2, 0.25) is 0 Å². The number of aromatic nitrogens is 2. The summed E-state index contributed by atoms with van der Waals surface area (Å²) in [6, 6.07) is 9.62. The molecule has 22 heavy (non-hydrogen) atoms. The molecule has 2 heterocycles. The first-order valence-electron chi connectivity index (χ1n) is 7.05. The molecule has 2 N–H and O–H groups in total. The van der Waals surface area contributed by atoms with Crippen LogP contribution in [0.4, 0.5) is 5.69 Å². The maximum Gasteiger partial charge on any atom is 0.276 e. The highest BCUT2D eigenvalue weighted by Crippen LogP contribution is 2.18. The molecule has 5 nitrogen and oxygen atoms in total. The van der Waals surface area contributed by atoms with E-state index in [-0.39, 0.29) is 18.3 Å². The standard InChI is InChI=1S/C15H17BrN4O.ClH/c16-11-3-1-4-12(9-11)18-15(21)14-6-8-20(19-14)13-5-2-7-17-10-13;/h1,3-4,6,8-9,13,17H,2,5,7,10H2,(H,18,21);1H. The van der Waals surface area contributed by atoms with Crippen LogP contribution in [-0.2, 0) is 0 Å². The number of benzene rings is 1. The van der Waals surface area contributed by atoms with E-state index in [2.05, 4.69) is 31.7 Å². The predicted molar refractivity (Wildman–Crippen MR) is 92.7 cm³/mol. The molecule has 0 radical (unpaired) electrons. The van der Waals surface area contributed by atoms with Gasteiger partial charge in [0.15, 0.2) is 5.69 Å². The van der Waals surface area contributed by atoms with E-state index in [0.29, 0.717) is 11.7 Å². The van der Waals surface area contributed by atoms with Gasteiger partial charge in [0, 0.05) is 22.9 Å². The second-order valence-electron chi connectivity index (χ2n) is 5.15. The van der Waals surface area contributed by atoms with Gasteiger partial charge >= 0.3 is 0 Å². The van der Waals surface area contributed by atoms with Gasteiger partial charge in [0.2, 0.25) is 0 Å². The van der Waals surface area contributed by atoms with Crippen molar-refractivity contribution in [1.29, 1.82) is 0 Å². The molecule has 1 aromatic carbocycles. The fourth-order valence-corrected chi connectivity index (χ4v) is 2.88. The van der Waals surface area contributed by atoms with E-state index in [1.54, 1.807) is 6.07 Å². The molecule has 118 valence electrons. The Morgan fingerprint density at radius 3 is 3.00 bits per heavy atom. The van der Waals surface area contributed by atoms with E-state index >= 15 is 0 Å². The van der Waals surface area contributed by atoms with Gasteiger partial charge in [0.05, 0.1) is 6.04 Å². The lowest BCUT2D eigenvalue weighted by Crippen LogP contribution is -2.32. The van der Waals surface area contributed by atoms with Crippen LogP contribution in [0.15, 0.2) is 41.0 Å². The quantitative estimate of drug-likeness (QED) is 0.853. The third kappa shape index (κ3) is 4.09. The third-order valence-corrected chi connectivity index (χ3v) is 4.06. The molecule has 1 amide bonds. The van der Waals surface area contributed by atoms with Crippen molar-refractivity contribution in [2.24, 2.45) is 0 Å². The Hall–Kier alpha value is -1.37. The number of amides is 1. The Morgan fingerprint density at radius 2 is 2.27 bits per heavy atom. The van der Waals surface area contributed by atoms with Crippen LogP contribution in [-0.4, -0.2) is 28.8 Å². The molecule has 1 aliphatic heterocycles. The van der Waals surface area contributed by atoms with Crippen LogP contribution >= 0.6 is 28.3 Å². The highest BCUT2D eigenvalue weighted by Gasteiger charge is 2.17. The van der Waals surface area contributed by atoms with Gasteiger partial charge in [-0.15, -0.1) is 12.4 Å². The molecule has 1 aliphatic rings.